The van der Waals surface area contributed by atoms with Gasteiger partial charge in [-0.1, -0.05) is 22.5 Å². The quantitative estimate of drug-likeness (QED) is 0.627. The summed E-state index contributed by atoms with van der Waals surface area (Å²) in [5.41, 5.74) is 3.59. The first-order chi connectivity index (χ1) is 11.7. The van der Waals surface area contributed by atoms with E-state index < -0.39 is 0 Å². The number of fused-ring (bicyclic) bond motifs is 1. The number of nitrogens with one attached hydrogen (secondary N) is 1. The maximum Gasteiger partial charge on any atom is 0.255 e. The standard InChI is InChI=1S/C17H13N5O2/c1-22-15-6-5-12(10-14(15)20-21-22)17(23)19-13-4-2-3-11(9-13)16-7-8-18-24-16/h2-10H,1H3,(H,19,23). The summed E-state index contributed by atoms with van der Waals surface area (Å²) >= 11 is 0. The van der Waals surface area contributed by atoms with Crippen molar-refractivity contribution >= 4 is 22.6 Å². The minimum absolute atomic E-state index is 0.211. The second-order valence-electron chi connectivity index (χ2n) is 5.33. The van der Waals surface area contributed by atoms with Crippen LogP contribution in [-0.4, -0.2) is 26.1 Å². The van der Waals surface area contributed by atoms with Crippen molar-refractivity contribution in [3.8, 4) is 11.3 Å². The molecule has 4 aromatic rings. The highest BCUT2D eigenvalue weighted by atomic mass is 16.5. The monoisotopic (exact) mass is 319 g/mol. The molecule has 0 aliphatic rings. The number of rotatable bonds is 3. The summed E-state index contributed by atoms with van der Waals surface area (Å²) in [5, 5.41) is 14.5. The number of nitrogens with zero attached hydrogens (tertiary/aromatic N) is 4. The molecular weight excluding hydrogens is 306 g/mol. The molecule has 0 fully saturated rings. The van der Waals surface area contributed by atoms with Crippen molar-refractivity contribution in [2.45, 2.75) is 0 Å². The Balaban J connectivity index is 1.60. The first-order valence-corrected chi connectivity index (χ1v) is 7.32. The topological polar surface area (TPSA) is 85.8 Å². The van der Waals surface area contributed by atoms with Gasteiger partial charge in [-0.05, 0) is 30.3 Å². The Labute approximate surface area is 136 Å². The van der Waals surface area contributed by atoms with E-state index in [1.54, 1.807) is 29.1 Å². The summed E-state index contributed by atoms with van der Waals surface area (Å²) < 4.78 is 6.80. The molecular formula is C17H13N5O2. The van der Waals surface area contributed by atoms with Gasteiger partial charge in [0.2, 0.25) is 0 Å². The van der Waals surface area contributed by atoms with E-state index in [1.165, 1.54) is 0 Å². The minimum atomic E-state index is -0.211. The van der Waals surface area contributed by atoms with E-state index in [1.807, 2.05) is 37.4 Å². The fraction of sp³-hybridized carbons (Fsp3) is 0.0588. The van der Waals surface area contributed by atoms with Gasteiger partial charge in [0.1, 0.15) is 5.52 Å². The number of hydrogen-bond donors (Lipinski definition) is 1. The van der Waals surface area contributed by atoms with Crippen LogP contribution in [0.2, 0.25) is 0 Å². The summed E-state index contributed by atoms with van der Waals surface area (Å²) in [6, 6.07) is 14.5. The Morgan fingerprint density at radius 1 is 1.17 bits per heavy atom. The molecule has 0 bridgehead atoms. The van der Waals surface area contributed by atoms with E-state index in [-0.39, 0.29) is 5.91 Å². The smallest absolute Gasteiger partial charge is 0.255 e. The van der Waals surface area contributed by atoms with Crippen LogP contribution in [0.1, 0.15) is 10.4 Å². The first-order valence-electron chi connectivity index (χ1n) is 7.32. The fourth-order valence-corrected chi connectivity index (χ4v) is 2.50. The molecule has 0 saturated heterocycles. The molecule has 0 aliphatic carbocycles. The molecule has 118 valence electrons. The predicted molar refractivity (Wildman–Crippen MR) is 88.4 cm³/mol. The SMILES string of the molecule is Cn1nnc2cc(C(=O)Nc3cccc(-c4ccno4)c3)ccc21. The van der Waals surface area contributed by atoms with Gasteiger partial charge in [-0.25, -0.2) is 4.68 Å². The van der Waals surface area contributed by atoms with E-state index >= 15 is 0 Å². The molecule has 2 aromatic heterocycles. The highest BCUT2D eigenvalue weighted by molar-refractivity contribution is 6.06. The van der Waals surface area contributed by atoms with Gasteiger partial charge in [-0.3, -0.25) is 4.79 Å². The molecule has 0 radical (unpaired) electrons. The lowest BCUT2D eigenvalue weighted by atomic mass is 10.1. The average Bonchev–Trinajstić information content (AvgIpc) is 3.25. The number of aromatic nitrogens is 4. The number of aryl methyl sites for hydroxylation is 1. The normalized spacial score (nSPS) is 10.9. The van der Waals surface area contributed by atoms with Crippen LogP contribution in [0.3, 0.4) is 0 Å². The molecule has 2 heterocycles. The molecule has 24 heavy (non-hydrogen) atoms. The van der Waals surface area contributed by atoms with E-state index in [9.17, 15) is 4.79 Å². The maximum atomic E-state index is 12.5. The van der Waals surface area contributed by atoms with Gasteiger partial charge in [0.25, 0.3) is 5.91 Å². The summed E-state index contributed by atoms with van der Waals surface area (Å²) in [6.45, 7) is 0. The van der Waals surface area contributed by atoms with Crippen LogP contribution in [0, 0.1) is 0 Å². The molecule has 0 saturated carbocycles. The van der Waals surface area contributed by atoms with Gasteiger partial charge in [0, 0.05) is 29.9 Å². The minimum Gasteiger partial charge on any atom is -0.356 e. The summed E-state index contributed by atoms with van der Waals surface area (Å²) in [5.74, 6) is 0.435. The second-order valence-corrected chi connectivity index (χ2v) is 5.33. The van der Waals surface area contributed by atoms with Gasteiger partial charge >= 0.3 is 0 Å². The van der Waals surface area contributed by atoms with Crippen LogP contribution in [0.4, 0.5) is 5.69 Å². The third-order valence-corrected chi connectivity index (χ3v) is 3.72. The fourth-order valence-electron chi connectivity index (χ4n) is 2.50. The highest BCUT2D eigenvalue weighted by Crippen LogP contribution is 2.22. The Kier molecular flexibility index (Phi) is 3.31. The van der Waals surface area contributed by atoms with Crippen molar-refractivity contribution in [3.63, 3.8) is 0 Å². The molecule has 7 heteroatoms. The van der Waals surface area contributed by atoms with E-state index in [0.717, 1.165) is 11.1 Å². The zero-order chi connectivity index (χ0) is 16.5. The van der Waals surface area contributed by atoms with Crippen molar-refractivity contribution in [3.05, 3.63) is 60.3 Å². The average molecular weight is 319 g/mol. The first kappa shape index (κ1) is 14.1. The Morgan fingerprint density at radius 2 is 2.08 bits per heavy atom. The van der Waals surface area contributed by atoms with Crippen LogP contribution < -0.4 is 5.32 Å². The van der Waals surface area contributed by atoms with Gasteiger partial charge in [0.15, 0.2) is 5.76 Å². The predicted octanol–water partition coefficient (Wildman–Crippen LogP) is 2.88. The zero-order valence-corrected chi connectivity index (χ0v) is 12.8. The number of carbonyl (C=O) groups excluding carboxylic acids is 1. The number of amides is 1. The Bertz CT molecular complexity index is 1020. The van der Waals surface area contributed by atoms with E-state index in [2.05, 4.69) is 20.8 Å². The number of carbonyl (C=O) groups is 1. The van der Waals surface area contributed by atoms with Gasteiger partial charge in [-0.15, -0.1) is 5.10 Å². The van der Waals surface area contributed by atoms with Crippen molar-refractivity contribution in [1.29, 1.82) is 0 Å². The number of anilines is 1. The van der Waals surface area contributed by atoms with E-state index in [0.29, 0.717) is 22.5 Å². The summed E-state index contributed by atoms with van der Waals surface area (Å²) in [7, 11) is 1.81. The van der Waals surface area contributed by atoms with Crippen molar-refractivity contribution in [2.24, 2.45) is 7.05 Å². The van der Waals surface area contributed by atoms with Crippen molar-refractivity contribution < 1.29 is 9.32 Å². The van der Waals surface area contributed by atoms with Crippen molar-refractivity contribution in [2.75, 3.05) is 5.32 Å². The van der Waals surface area contributed by atoms with Crippen LogP contribution in [0.15, 0.2) is 59.3 Å². The molecule has 0 aliphatic heterocycles. The third-order valence-electron chi connectivity index (χ3n) is 3.72. The Hall–Kier alpha value is -3.48. The van der Waals surface area contributed by atoms with E-state index in [4.69, 9.17) is 4.52 Å². The van der Waals surface area contributed by atoms with Crippen LogP contribution in [0.5, 0.6) is 0 Å². The molecule has 7 nitrogen and oxygen atoms in total. The van der Waals surface area contributed by atoms with Gasteiger partial charge < -0.3 is 9.84 Å². The van der Waals surface area contributed by atoms with Crippen LogP contribution in [-0.2, 0) is 7.05 Å². The molecule has 0 atom stereocenters. The lowest BCUT2D eigenvalue weighted by Crippen LogP contribution is -2.11. The lowest BCUT2D eigenvalue weighted by molar-refractivity contribution is 0.102. The zero-order valence-electron chi connectivity index (χ0n) is 12.8. The van der Waals surface area contributed by atoms with Gasteiger partial charge in [-0.2, -0.15) is 0 Å². The summed E-state index contributed by atoms with van der Waals surface area (Å²) in [4.78, 5) is 12.5. The second kappa shape index (κ2) is 5.62. The molecule has 1 amide bonds. The molecule has 4 rings (SSSR count). The van der Waals surface area contributed by atoms with Crippen LogP contribution in [0.25, 0.3) is 22.4 Å². The molecule has 0 spiro atoms. The number of hydrogen-bond acceptors (Lipinski definition) is 5. The third kappa shape index (κ3) is 2.52. The van der Waals surface area contributed by atoms with Crippen molar-refractivity contribution in [1.82, 2.24) is 20.2 Å². The van der Waals surface area contributed by atoms with Crippen LogP contribution >= 0.6 is 0 Å². The molecule has 1 N–H and O–H groups in total. The largest absolute Gasteiger partial charge is 0.356 e. The summed E-state index contributed by atoms with van der Waals surface area (Å²) in [6.07, 6.45) is 1.58. The lowest BCUT2D eigenvalue weighted by Gasteiger charge is -2.06. The molecule has 2 aromatic carbocycles. The Morgan fingerprint density at radius 3 is 2.92 bits per heavy atom. The number of benzene rings is 2. The maximum absolute atomic E-state index is 12.5. The van der Waals surface area contributed by atoms with Gasteiger partial charge in [0.05, 0.1) is 11.7 Å². The highest BCUT2D eigenvalue weighted by Gasteiger charge is 2.10. The molecule has 0 unspecified atom stereocenters.